The Kier molecular flexibility index (Phi) is 4.60. The number of nitrogens with zero attached hydrogens (tertiary/aromatic N) is 1. The van der Waals surface area contributed by atoms with E-state index in [2.05, 4.69) is 17.4 Å². The number of hydrogen-bond donors (Lipinski definition) is 2. The van der Waals surface area contributed by atoms with Crippen LogP contribution in [0.2, 0.25) is 0 Å². The fourth-order valence-electron chi connectivity index (χ4n) is 2.25. The van der Waals surface area contributed by atoms with Crippen molar-refractivity contribution in [2.24, 2.45) is 5.92 Å². The van der Waals surface area contributed by atoms with Crippen molar-refractivity contribution in [2.45, 2.75) is 20.3 Å². The smallest absolute Gasteiger partial charge is 0.259 e. The third kappa shape index (κ3) is 3.33. The zero-order valence-electron chi connectivity index (χ0n) is 12.7. The highest BCUT2D eigenvalue weighted by Crippen LogP contribution is 2.30. The standard InChI is InChI=1S/C16H19N3O3/c1-10(2)8-14(20)17-18-15(21)9-19-11(3)12-6-4-5-7-13(12)16(19)22/h4-7,10H,3,8-9H2,1-2H3,(H,17,20)(H,18,21). The Morgan fingerprint density at radius 3 is 2.32 bits per heavy atom. The number of carbonyl (C=O) groups is 3. The summed E-state index contributed by atoms with van der Waals surface area (Å²) in [5, 5.41) is 0. The summed E-state index contributed by atoms with van der Waals surface area (Å²) in [7, 11) is 0. The molecule has 1 heterocycles. The van der Waals surface area contributed by atoms with Gasteiger partial charge in [0, 0.05) is 23.2 Å². The normalized spacial score (nSPS) is 13.3. The number of benzene rings is 1. The summed E-state index contributed by atoms with van der Waals surface area (Å²) in [4.78, 5) is 36.9. The summed E-state index contributed by atoms with van der Waals surface area (Å²) in [6.07, 6.45) is 0.321. The zero-order chi connectivity index (χ0) is 16.3. The van der Waals surface area contributed by atoms with Crippen molar-refractivity contribution < 1.29 is 14.4 Å². The van der Waals surface area contributed by atoms with Gasteiger partial charge in [0.25, 0.3) is 11.8 Å². The minimum Gasteiger partial charge on any atom is -0.299 e. The Bertz CT molecular complexity index is 602. The molecule has 1 aliphatic heterocycles. The summed E-state index contributed by atoms with van der Waals surface area (Å²) < 4.78 is 0. The van der Waals surface area contributed by atoms with E-state index in [1.165, 1.54) is 4.90 Å². The predicted octanol–water partition coefficient (Wildman–Crippen LogP) is 1.31. The van der Waals surface area contributed by atoms with Gasteiger partial charge in [-0.3, -0.25) is 30.1 Å². The Morgan fingerprint density at radius 2 is 1.73 bits per heavy atom. The Morgan fingerprint density at radius 1 is 1.14 bits per heavy atom. The van der Waals surface area contributed by atoms with E-state index in [-0.39, 0.29) is 24.3 Å². The minimum absolute atomic E-state index is 0.186. The van der Waals surface area contributed by atoms with Crippen molar-refractivity contribution in [1.29, 1.82) is 0 Å². The number of carbonyl (C=O) groups excluding carboxylic acids is 3. The molecule has 1 aromatic carbocycles. The summed E-state index contributed by atoms with van der Waals surface area (Å²) in [5.74, 6) is -0.798. The number of fused-ring (bicyclic) bond motifs is 1. The molecule has 6 heteroatoms. The van der Waals surface area contributed by atoms with Crippen molar-refractivity contribution in [3.8, 4) is 0 Å². The van der Waals surface area contributed by atoms with Gasteiger partial charge in [0.2, 0.25) is 5.91 Å². The van der Waals surface area contributed by atoms with Gasteiger partial charge in [0.05, 0.1) is 0 Å². The van der Waals surface area contributed by atoms with E-state index in [0.29, 0.717) is 17.7 Å². The van der Waals surface area contributed by atoms with Gasteiger partial charge in [-0.05, 0) is 12.0 Å². The van der Waals surface area contributed by atoms with Gasteiger partial charge in [-0.1, -0.05) is 38.6 Å². The van der Waals surface area contributed by atoms with Gasteiger partial charge in [-0.2, -0.15) is 0 Å². The molecule has 2 N–H and O–H groups in total. The first-order chi connectivity index (χ1) is 10.4. The second-order valence-electron chi connectivity index (χ2n) is 5.58. The number of rotatable bonds is 4. The lowest BCUT2D eigenvalue weighted by atomic mass is 10.1. The fraction of sp³-hybridized carbons (Fsp3) is 0.312. The van der Waals surface area contributed by atoms with Gasteiger partial charge < -0.3 is 0 Å². The fourth-order valence-corrected chi connectivity index (χ4v) is 2.25. The molecule has 3 amide bonds. The van der Waals surface area contributed by atoms with E-state index in [0.717, 1.165) is 5.56 Å². The van der Waals surface area contributed by atoms with Crippen LogP contribution in [0.25, 0.3) is 5.70 Å². The maximum absolute atomic E-state index is 12.2. The van der Waals surface area contributed by atoms with Crippen LogP contribution < -0.4 is 10.9 Å². The third-order valence-corrected chi connectivity index (χ3v) is 3.28. The Balaban J connectivity index is 1.92. The van der Waals surface area contributed by atoms with E-state index in [1.54, 1.807) is 18.2 Å². The van der Waals surface area contributed by atoms with Crippen LogP contribution in [0.5, 0.6) is 0 Å². The number of hydrogen-bond acceptors (Lipinski definition) is 3. The maximum Gasteiger partial charge on any atom is 0.259 e. The van der Waals surface area contributed by atoms with Gasteiger partial charge in [0.15, 0.2) is 0 Å². The van der Waals surface area contributed by atoms with Crippen LogP contribution in [0, 0.1) is 5.92 Å². The van der Waals surface area contributed by atoms with E-state index in [1.807, 2.05) is 19.9 Å². The molecule has 0 aromatic heterocycles. The second kappa shape index (κ2) is 6.43. The maximum atomic E-state index is 12.2. The van der Waals surface area contributed by atoms with Crippen LogP contribution in [0.4, 0.5) is 0 Å². The molecule has 0 bridgehead atoms. The monoisotopic (exact) mass is 301 g/mol. The minimum atomic E-state index is -0.473. The molecule has 0 aliphatic carbocycles. The molecule has 0 saturated heterocycles. The average Bonchev–Trinajstić information content (AvgIpc) is 2.70. The molecule has 0 saturated carbocycles. The summed E-state index contributed by atoms with van der Waals surface area (Å²) >= 11 is 0. The quantitative estimate of drug-likeness (QED) is 0.823. The first-order valence-corrected chi connectivity index (χ1v) is 7.08. The van der Waals surface area contributed by atoms with Gasteiger partial charge in [-0.25, -0.2) is 0 Å². The topological polar surface area (TPSA) is 78.5 Å². The lowest BCUT2D eigenvalue weighted by Gasteiger charge is -2.17. The summed E-state index contributed by atoms with van der Waals surface area (Å²) in [5.41, 5.74) is 6.39. The molecule has 0 radical (unpaired) electrons. The lowest BCUT2D eigenvalue weighted by molar-refractivity contribution is -0.129. The average molecular weight is 301 g/mol. The SMILES string of the molecule is C=C1c2ccccc2C(=O)N1CC(=O)NNC(=O)CC(C)C. The van der Waals surface area contributed by atoms with E-state index in [9.17, 15) is 14.4 Å². The molecule has 1 aromatic rings. The Labute approximate surface area is 129 Å². The molecule has 2 rings (SSSR count). The molecule has 1 aliphatic rings. The molecule has 0 spiro atoms. The zero-order valence-corrected chi connectivity index (χ0v) is 12.7. The van der Waals surface area contributed by atoms with Crippen LogP contribution in [0.3, 0.4) is 0 Å². The molecular formula is C16H19N3O3. The first-order valence-electron chi connectivity index (χ1n) is 7.08. The van der Waals surface area contributed by atoms with Crippen molar-refractivity contribution in [3.63, 3.8) is 0 Å². The second-order valence-corrected chi connectivity index (χ2v) is 5.58. The number of hydrazine groups is 1. The van der Waals surface area contributed by atoms with Crippen LogP contribution >= 0.6 is 0 Å². The molecule has 0 unspecified atom stereocenters. The Hall–Kier alpha value is -2.63. The lowest BCUT2D eigenvalue weighted by Crippen LogP contribution is -2.46. The van der Waals surface area contributed by atoms with Crippen molar-refractivity contribution in [2.75, 3.05) is 6.54 Å². The molecule has 0 fully saturated rings. The number of nitrogens with one attached hydrogen (secondary N) is 2. The van der Waals surface area contributed by atoms with E-state index < -0.39 is 5.91 Å². The molecule has 116 valence electrons. The van der Waals surface area contributed by atoms with Crippen LogP contribution in [-0.2, 0) is 9.59 Å². The van der Waals surface area contributed by atoms with Gasteiger partial charge >= 0.3 is 0 Å². The molecular weight excluding hydrogens is 282 g/mol. The molecule has 0 atom stereocenters. The summed E-state index contributed by atoms with van der Waals surface area (Å²) in [6.45, 7) is 7.48. The first kappa shape index (κ1) is 15.8. The number of amides is 3. The molecule has 6 nitrogen and oxygen atoms in total. The van der Waals surface area contributed by atoms with Gasteiger partial charge in [0.1, 0.15) is 6.54 Å². The van der Waals surface area contributed by atoms with Crippen molar-refractivity contribution in [3.05, 3.63) is 42.0 Å². The largest absolute Gasteiger partial charge is 0.299 e. The molecule has 22 heavy (non-hydrogen) atoms. The van der Waals surface area contributed by atoms with E-state index in [4.69, 9.17) is 0 Å². The van der Waals surface area contributed by atoms with Crippen LogP contribution in [-0.4, -0.2) is 29.2 Å². The summed E-state index contributed by atoms with van der Waals surface area (Å²) in [6, 6.07) is 7.07. The van der Waals surface area contributed by atoms with Gasteiger partial charge in [-0.15, -0.1) is 0 Å². The van der Waals surface area contributed by atoms with Crippen LogP contribution in [0.1, 0.15) is 36.2 Å². The highest BCUT2D eigenvalue weighted by atomic mass is 16.2. The highest BCUT2D eigenvalue weighted by Gasteiger charge is 2.31. The highest BCUT2D eigenvalue weighted by molar-refractivity contribution is 6.10. The van der Waals surface area contributed by atoms with Crippen LogP contribution in [0.15, 0.2) is 30.8 Å². The predicted molar refractivity (Wildman–Crippen MR) is 82.3 cm³/mol. The van der Waals surface area contributed by atoms with Crippen molar-refractivity contribution in [1.82, 2.24) is 15.8 Å². The van der Waals surface area contributed by atoms with E-state index >= 15 is 0 Å². The third-order valence-electron chi connectivity index (χ3n) is 3.28. The van der Waals surface area contributed by atoms with Crippen molar-refractivity contribution >= 4 is 23.4 Å².